The van der Waals surface area contributed by atoms with Crippen molar-refractivity contribution in [1.82, 2.24) is 4.98 Å². The van der Waals surface area contributed by atoms with Gasteiger partial charge in [0.05, 0.1) is 11.5 Å². The molecule has 0 N–H and O–H groups in total. The lowest BCUT2D eigenvalue weighted by atomic mass is 9.76. The van der Waals surface area contributed by atoms with Gasteiger partial charge in [-0.05, 0) is 61.1 Å². The quantitative estimate of drug-likeness (QED) is 0.158. The van der Waals surface area contributed by atoms with Crippen LogP contribution in [0.5, 0.6) is 0 Å². The number of hydrogen-bond donors (Lipinski definition) is 0. The minimum absolute atomic E-state index is 0.0844. The topological polar surface area (TPSA) is 12.9 Å². The van der Waals surface area contributed by atoms with Crippen molar-refractivity contribution in [2.75, 3.05) is 0 Å². The summed E-state index contributed by atoms with van der Waals surface area (Å²) in [6.45, 7) is 8.42. The Hall–Kier alpha value is -1.98. The fourth-order valence-electron chi connectivity index (χ4n) is 5.37. The zero-order chi connectivity index (χ0) is 26.5. The van der Waals surface area contributed by atoms with Gasteiger partial charge in [-0.25, -0.2) is 22.5 Å². The lowest BCUT2D eigenvalue weighted by Crippen LogP contribution is -2.33. The van der Waals surface area contributed by atoms with E-state index in [0.717, 1.165) is 38.5 Å². The van der Waals surface area contributed by atoms with Crippen LogP contribution < -0.4 is 0 Å². The summed E-state index contributed by atoms with van der Waals surface area (Å²) in [7, 11) is 0. The van der Waals surface area contributed by atoms with E-state index in [1.54, 1.807) is 6.07 Å². The van der Waals surface area contributed by atoms with Crippen LogP contribution >= 0.6 is 0 Å². The molecule has 6 heteroatoms. The normalized spacial score (nSPS) is 18.6. The van der Waals surface area contributed by atoms with Crippen LogP contribution in [-0.4, -0.2) is 4.98 Å². The van der Waals surface area contributed by atoms with Gasteiger partial charge < -0.3 is 0 Å². The molecule has 0 aliphatic heterocycles. The van der Waals surface area contributed by atoms with Gasteiger partial charge in [-0.15, -0.1) is 0 Å². The molecule has 1 aliphatic carbocycles. The zero-order valence-corrected chi connectivity index (χ0v) is 22.1. The summed E-state index contributed by atoms with van der Waals surface area (Å²) >= 11 is 0. The molecular formula is C30H40F5N. The fourth-order valence-corrected chi connectivity index (χ4v) is 5.37. The van der Waals surface area contributed by atoms with Gasteiger partial charge in [-0.1, -0.05) is 78.4 Å². The molecule has 1 nitrogen and oxygen atoms in total. The second kappa shape index (κ2) is 12.5. The van der Waals surface area contributed by atoms with Crippen LogP contribution in [0.4, 0.5) is 22.0 Å². The van der Waals surface area contributed by atoms with Crippen LogP contribution in [0.3, 0.4) is 0 Å². The van der Waals surface area contributed by atoms with Crippen LogP contribution in [0.2, 0.25) is 0 Å². The van der Waals surface area contributed by atoms with E-state index in [2.05, 4.69) is 25.8 Å². The lowest BCUT2D eigenvalue weighted by Gasteiger charge is -2.34. The van der Waals surface area contributed by atoms with Gasteiger partial charge in [0.1, 0.15) is 0 Å². The number of benzene rings is 1. The first-order valence-corrected chi connectivity index (χ1v) is 13.6. The van der Waals surface area contributed by atoms with Crippen molar-refractivity contribution in [3.8, 4) is 0 Å². The Kier molecular flexibility index (Phi) is 9.94. The van der Waals surface area contributed by atoms with E-state index >= 15 is 13.2 Å². The van der Waals surface area contributed by atoms with Gasteiger partial charge in [0.25, 0.3) is 5.92 Å². The summed E-state index contributed by atoms with van der Waals surface area (Å²) in [4.78, 5) is 3.86. The molecule has 0 saturated carbocycles. The largest absolute Gasteiger partial charge is 0.284 e. The van der Waals surface area contributed by atoms with Gasteiger partial charge >= 0.3 is 0 Å². The van der Waals surface area contributed by atoms with Crippen LogP contribution in [0.1, 0.15) is 113 Å². The SMILES string of the molecule is CCCCC(C)Cc1cc2c(c(F)n1)C(F)(F)C(c1ccc(CCCCC(C)CC)c(F)c1F)CC2. The minimum Gasteiger partial charge on any atom is -0.224 e. The number of unbranched alkanes of at least 4 members (excludes halogenated alkanes) is 2. The first-order valence-electron chi connectivity index (χ1n) is 13.6. The van der Waals surface area contributed by atoms with E-state index in [1.165, 1.54) is 12.1 Å². The molecule has 200 valence electrons. The summed E-state index contributed by atoms with van der Waals surface area (Å²) in [5.41, 5.74) is -0.255. The highest BCUT2D eigenvalue weighted by Crippen LogP contribution is 2.51. The Morgan fingerprint density at radius 1 is 0.972 bits per heavy atom. The number of nitrogens with zero attached hydrogens (tertiary/aromatic N) is 1. The molecule has 0 radical (unpaired) electrons. The average molecular weight is 510 g/mol. The van der Waals surface area contributed by atoms with E-state index in [1.807, 2.05) is 6.92 Å². The molecule has 2 aromatic rings. The third-order valence-corrected chi connectivity index (χ3v) is 7.85. The Morgan fingerprint density at radius 2 is 1.69 bits per heavy atom. The van der Waals surface area contributed by atoms with E-state index in [0.29, 0.717) is 30.9 Å². The van der Waals surface area contributed by atoms with Gasteiger partial charge in [-0.2, -0.15) is 4.39 Å². The number of rotatable bonds is 12. The monoisotopic (exact) mass is 509 g/mol. The van der Waals surface area contributed by atoms with Crippen molar-refractivity contribution in [3.63, 3.8) is 0 Å². The Bertz CT molecular complexity index is 1020. The number of hydrogen-bond acceptors (Lipinski definition) is 1. The maximum Gasteiger partial charge on any atom is 0.284 e. The molecule has 0 amide bonds. The van der Waals surface area contributed by atoms with E-state index in [9.17, 15) is 8.78 Å². The fraction of sp³-hybridized carbons (Fsp3) is 0.633. The van der Waals surface area contributed by atoms with Crippen LogP contribution in [0, 0.1) is 29.4 Å². The zero-order valence-electron chi connectivity index (χ0n) is 22.1. The lowest BCUT2D eigenvalue weighted by molar-refractivity contribution is -0.0486. The van der Waals surface area contributed by atoms with Crippen LogP contribution in [0.25, 0.3) is 0 Å². The first-order chi connectivity index (χ1) is 17.1. The molecule has 1 heterocycles. The molecule has 3 rings (SSSR count). The van der Waals surface area contributed by atoms with Gasteiger partial charge in [0.15, 0.2) is 11.6 Å². The van der Waals surface area contributed by atoms with Gasteiger partial charge in [-0.3, -0.25) is 0 Å². The highest BCUT2D eigenvalue weighted by atomic mass is 19.3. The highest BCUT2D eigenvalue weighted by molar-refractivity contribution is 5.40. The van der Waals surface area contributed by atoms with Crippen LogP contribution in [0.15, 0.2) is 18.2 Å². The third kappa shape index (κ3) is 6.47. The average Bonchev–Trinajstić information content (AvgIpc) is 2.82. The predicted molar refractivity (Wildman–Crippen MR) is 135 cm³/mol. The van der Waals surface area contributed by atoms with E-state index in [-0.39, 0.29) is 35.4 Å². The van der Waals surface area contributed by atoms with Crippen molar-refractivity contribution < 1.29 is 22.0 Å². The molecule has 0 saturated heterocycles. The second-order valence-corrected chi connectivity index (χ2v) is 10.8. The molecule has 3 atom stereocenters. The van der Waals surface area contributed by atoms with Crippen LogP contribution in [-0.2, 0) is 25.2 Å². The maximum atomic E-state index is 15.6. The van der Waals surface area contributed by atoms with Crippen molar-refractivity contribution in [3.05, 3.63) is 63.7 Å². The van der Waals surface area contributed by atoms with Gasteiger partial charge in [0.2, 0.25) is 5.95 Å². The number of fused-ring (bicyclic) bond motifs is 1. The second-order valence-electron chi connectivity index (χ2n) is 10.8. The molecule has 0 spiro atoms. The summed E-state index contributed by atoms with van der Waals surface area (Å²) in [6, 6.07) is 4.25. The van der Waals surface area contributed by atoms with Crippen molar-refractivity contribution in [2.24, 2.45) is 11.8 Å². The molecule has 36 heavy (non-hydrogen) atoms. The number of alkyl halides is 2. The highest BCUT2D eigenvalue weighted by Gasteiger charge is 2.50. The number of pyridine rings is 1. The van der Waals surface area contributed by atoms with Crippen molar-refractivity contribution in [2.45, 2.75) is 110 Å². The molecule has 1 aliphatic rings. The first kappa shape index (κ1) is 28.6. The molecule has 0 bridgehead atoms. The molecule has 3 unspecified atom stereocenters. The third-order valence-electron chi connectivity index (χ3n) is 7.85. The van der Waals surface area contributed by atoms with Crippen molar-refractivity contribution in [1.29, 1.82) is 0 Å². The molecule has 1 aromatic heterocycles. The minimum atomic E-state index is -3.68. The van der Waals surface area contributed by atoms with Crippen molar-refractivity contribution >= 4 is 0 Å². The van der Waals surface area contributed by atoms with Gasteiger partial charge in [0, 0.05) is 11.3 Å². The Labute approximate surface area is 212 Å². The van der Waals surface area contributed by atoms with E-state index < -0.39 is 35.0 Å². The predicted octanol–water partition coefficient (Wildman–Crippen LogP) is 9.45. The summed E-state index contributed by atoms with van der Waals surface area (Å²) in [5, 5.41) is 0. The van der Waals surface area contributed by atoms with E-state index in [4.69, 9.17) is 0 Å². The Morgan fingerprint density at radius 3 is 2.39 bits per heavy atom. The summed E-state index contributed by atoms with van der Waals surface area (Å²) in [6.07, 6.45) is 7.75. The summed E-state index contributed by atoms with van der Waals surface area (Å²) < 4.78 is 76.0. The number of halogens is 5. The molecule has 0 fully saturated rings. The Balaban J connectivity index is 1.79. The number of aromatic nitrogens is 1. The standard InChI is InChI=1S/C30H40F5N/c1-5-7-10-20(4)17-23-18-22-14-16-25(30(34,35)26(22)29(33)36-23)24-15-13-21(27(31)28(24)32)12-9-8-11-19(3)6-2/h13,15,18-20,25H,5-12,14,16-17H2,1-4H3. The number of aryl methyl sites for hydroxylation is 2. The molecular weight excluding hydrogens is 469 g/mol. The summed E-state index contributed by atoms with van der Waals surface area (Å²) in [5.74, 6) is -7.95. The smallest absolute Gasteiger partial charge is 0.224 e. The molecule has 1 aromatic carbocycles. The maximum absolute atomic E-state index is 15.6.